The number of rotatable bonds is 3. The summed E-state index contributed by atoms with van der Waals surface area (Å²) < 4.78 is 0. The number of β-amino-alcohol motifs (C(OH)–C–C–N with tert-alkyl or cyclic N) is 1. The molecule has 2 aromatic heterocycles. The number of nitrogens with one attached hydrogen (secondary N) is 2. The second-order valence-electron chi connectivity index (χ2n) is 4.59. The van der Waals surface area contributed by atoms with Crippen LogP contribution in [0.15, 0.2) is 29.8 Å². The van der Waals surface area contributed by atoms with E-state index in [1.807, 2.05) is 23.6 Å². The maximum Gasteiger partial charge on any atom is 0.243 e. The predicted molar refractivity (Wildman–Crippen MR) is 76.4 cm³/mol. The van der Waals surface area contributed by atoms with Crippen LogP contribution in [0.5, 0.6) is 0 Å². The summed E-state index contributed by atoms with van der Waals surface area (Å²) in [5, 5.41) is 17.5. The van der Waals surface area contributed by atoms with Crippen molar-refractivity contribution < 1.29 is 9.90 Å². The molecule has 2 atom stereocenters. The molecule has 0 saturated carbocycles. The maximum absolute atomic E-state index is 12.0. The number of hydrogen-bond donors (Lipinski definition) is 3. The number of aliphatic hydroxyl groups is 1. The first-order valence-electron chi connectivity index (χ1n) is 6.31. The third-order valence-electron chi connectivity index (χ3n) is 3.09. The van der Waals surface area contributed by atoms with Gasteiger partial charge in [-0.1, -0.05) is 6.07 Å². The Balaban J connectivity index is 1.67. The molecule has 3 rings (SSSR count). The third kappa shape index (κ3) is 2.84. The summed E-state index contributed by atoms with van der Waals surface area (Å²) in [6.45, 7) is 0.454. The number of carbonyl (C=O) groups is 1. The predicted octanol–water partition coefficient (Wildman–Crippen LogP) is 0.866. The minimum atomic E-state index is -0.453. The van der Waals surface area contributed by atoms with Crippen molar-refractivity contribution in [3.63, 3.8) is 0 Å². The Hall–Kier alpha value is -1.83. The number of aromatic nitrogens is 2. The number of thiazole rings is 1. The van der Waals surface area contributed by atoms with E-state index < -0.39 is 6.10 Å². The highest BCUT2D eigenvalue weighted by molar-refractivity contribution is 7.14. The first-order chi connectivity index (χ1) is 9.72. The lowest BCUT2D eigenvalue weighted by molar-refractivity contribution is -0.117. The molecule has 0 spiro atoms. The van der Waals surface area contributed by atoms with Crippen LogP contribution in [0.1, 0.15) is 6.42 Å². The van der Waals surface area contributed by atoms with Gasteiger partial charge in [0.1, 0.15) is 5.69 Å². The highest BCUT2D eigenvalue weighted by Gasteiger charge is 2.28. The second-order valence-corrected chi connectivity index (χ2v) is 5.45. The molecule has 0 aliphatic carbocycles. The van der Waals surface area contributed by atoms with Crippen molar-refractivity contribution in [3.8, 4) is 11.4 Å². The van der Waals surface area contributed by atoms with Crippen LogP contribution >= 0.6 is 11.3 Å². The van der Waals surface area contributed by atoms with Gasteiger partial charge in [0.15, 0.2) is 5.13 Å². The molecule has 0 aromatic carbocycles. The van der Waals surface area contributed by atoms with E-state index in [0.717, 1.165) is 11.4 Å². The van der Waals surface area contributed by atoms with Gasteiger partial charge in [-0.15, -0.1) is 11.3 Å². The van der Waals surface area contributed by atoms with Crippen LogP contribution in [0.4, 0.5) is 5.13 Å². The Morgan fingerprint density at radius 1 is 1.45 bits per heavy atom. The van der Waals surface area contributed by atoms with Crippen LogP contribution in [0.3, 0.4) is 0 Å². The largest absolute Gasteiger partial charge is 0.392 e. The molecule has 2 aromatic rings. The third-order valence-corrected chi connectivity index (χ3v) is 3.84. The van der Waals surface area contributed by atoms with Gasteiger partial charge in [-0.05, 0) is 18.6 Å². The Labute approximate surface area is 119 Å². The van der Waals surface area contributed by atoms with E-state index in [-0.39, 0.29) is 11.9 Å². The molecule has 1 amide bonds. The highest BCUT2D eigenvalue weighted by Crippen LogP contribution is 2.23. The Kier molecular flexibility index (Phi) is 3.72. The maximum atomic E-state index is 12.0. The van der Waals surface area contributed by atoms with Crippen LogP contribution in [0, 0.1) is 0 Å². The van der Waals surface area contributed by atoms with Crippen LogP contribution in [0.2, 0.25) is 0 Å². The molecule has 3 heterocycles. The van der Waals surface area contributed by atoms with E-state index in [1.165, 1.54) is 11.3 Å². The van der Waals surface area contributed by atoms with Gasteiger partial charge >= 0.3 is 0 Å². The van der Waals surface area contributed by atoms with E-state index in [9.17, 15) is 9.90 Å². The van der Waals surface area contributed by atoms with Crippen molar-refractivity contribution in [2.45, 2.75) is 18.6 Å². The molecule has 104 valence electrons. The van der Waals surface area contributed by atoms with Crippen molar-refractivity contribution >= 4 is 22.4 Å². The standard InChI is InChI=1S/C13H14N4O2S/c18-8-5-10(15-6-8)12(19)17-13-16-11(7-20-13)9-3-1-2-4-14-9/h1-4,7-8,10,15,18H,5-6H2,(H,16,17,19)/t8-,10-/m1/s1. The Morgan fingerprint density at radius 2 is 2.35 bits per heavy atom. The van der Waals surface area contributed by atoms with Crippen LogP contribution in [-0.2, 0) is 4.79 Å². The quantitative estimate of drug-likeness (QED) is 0.780. The molecule has 1 aliphatic heterocycles. The van der Waals surface area contributed by atoms with Crippen LogP contribution in [-0.4, -0.2) is 39.7 Å². The van der Waals surface area contributed by atoms with E-state index in [1.54, 1.807) is 6.20 Å². The Morgan fingerprint density at radius 3 is 3.05 bits per heavy atom. The average Bonchev–Trinajstić information content (AvgIpc) is 3.09. The van der Waals surface area contributed by atoms with Crippen molar-refractivity contribution in [2.24, 2.45) is 0 Å². The zero-order valence-electron chi connectivity index (χ0n) is 10.6. The molecule has 0 radical (unpaired) electrons. The molecule has 1 saturated heterocycles. The summed E-state index contributed by atoms with van der Waals surface area (Å²) in [5.74, 6) is -0.163. The summed E-state index contributed by atoms with van der Waals surface area (Å²) in [5.41, 5.74) is 1.52. The van der Waals surface area contributed by atoms with Gasteiger partial charge in [-0.3, -0.25) is 9.78 Å². The first-order valence-corrected chi connectivity index (χ1v) is 7.19. The first kappa shape index (κ1) is 13.2. The average molecular weight is 290 g/mol. The number of pyridine rings is 1. The topological polar surface area (TPSA) is 87.1 Å². The van der Waals surface area contributed by atoms with E-state index in [0.29, 0.717) is 18.1 Å². The number of amides is 1. The van der Waals surface area contributed by atoms with Gasteiger partial charge in [0.2, 0.25) is 5.91 Å². The fourth-order valence-corrected chi connectivity index (χ4v) is 2.78. The van der Waals surface area contributed by atoms with Gasteiger partial charge in [-0.2, -0.15) is 0 Å². The van der Waals surface area contributed by atoms with Gasteiger partial charge < -0.3 is 15.7 Å². The minimum absolute atomic E-state index is 0.163. The minimum Gasteiger partial charge on any atom is -0.392 e. The second kappa shape index (κ2) is 5.66. The van der Waals surface area contributed by atoms with E-state index in [4.69, 9.17) is 0 Å². The van der Waals surface area contributed by atoms with Crippen LogP contribution < -0.4 is 10.6 Å². The lowest BCUT2D eigenvalue weighted by Crippen LogP contribution is -2.35. The molecule has 20 heavy (non-hydrogen) atoms. The number of anilines is 1. The monoisotopic (exact) mass is 290 g/mol. The lowest BCUT2D eigenvalue weighted by Gasteiger charge is -2.08. The summed E-state index contributed by atoms with van der Waals surface area (Å²) in [6, 6.07) is 5.25. The van der Waals surface area contributed by atoms with Crippen molar-refractivity contribution in [3.05, 3.63) is 29.8 Å². The number of hydrogen-bond acceptors (Lipinski definition) is 6. The van der Waals surface area contributed by atoms with Gasteiger partial charge in [-0.25, -0.2) is 4.98 Å². The van der Waals surface area contributed by atoms with Gasteiger partial charge in [0, 0.05) is 18.1 Å². The zero-order chi connectivity index (χ0) is 13.9. The number of nitrogens with zero attached hydrogens (tertiary/aromatic N) is 2. The molecule has 0 unspecified atom stereocenters. The van der Waals surface area contributed by atoms with Gasteiger partial charge in [0.05, 0.1) is 17.8 Å². The normalized spacial score (nSPS) is 21.9. The fourth-order valence-electron chi connectivity index (χ4n) is 2.07. The smallest absolute Gasteiger partial charge is 0.243 e. The van der Waals surface area contributed by atoms with E-state index in [2.05, 4.69) is 20.6 Å². The van der Waals surface area contributed by atoms with Crippen molar-refractivity contribution in [1.82, 2.24) is 15.3 Å². The molecule has 3 N–H and O–H groups in total. The van der Waals surface area contributed by atoms with Crippen molar-refractivity contribution in [1.29, 1.82) is 0 Å². The van der Waals surface area contributed by atoms with Gasteiger partial charge in [0.25, 0.3) is 0 Å². The number of carbonyl (C=O) groups excluding carboxylic acids is 1. The molecule has 6 nitrogen and oxygen atoms in total. The van der Waals surface area contributed by atoms with Crippen LogP contribution in [0.25, 0.3) is 11.4 Å². The van der Waals surface area contributed by atoms with E-state index >= 15 is 0 Å². The highest BCUT2D eigenvalue weighted by atomic mass is 32.1. The molecular formula is C13H14N4O2S. The summed E-state index contributed by atoms with van der Waals surface area (Å²) in [7, 11) is 0. The van der Waals surface area contributed by atoms with Crippen molar-refractivity contribution in [2.75, 3.05) is 11.9 Å². The SMILES string of the molecule is O=C(Nc1nc(-c2ccccn2)cs1)[C@H]1C[C@@H](O)CN1. The lowest BCUT2D eigenvalue weighted by atomic mass is 10.2. The molecule has 7 heteroatoms. The zero-order valence-corrected chi connectivity index (χ0v) is 11.4. The number of aliphatic hydroxyl groups excluding tert-OH is 1. The fraction of sp³-hybridized carbons (Fsp3) is 0.308. The summed E-state index contributed by atoms with van der Waals surface area (Å²) in [4.78, 5) is 20.5. The molecular weight excluding hydrogens is 276 g/mol. The summed E-state index contributed by atoms with van der Waals surface area (Å²) >= 11 is 1.36. The summed E-state index contributed by atoms with van der Waals surface area (Å²) in [6.07, 6.45) is 1.69. The Bertz CT molecular complexity index is 601. The molecule has 1 fully saturated rings. The molecule has 0 bridgehead atoms. The molecule has 1 aliphatic rings.